The Morgan fingerprint density at radius 2 is 1.47 bits per heavy atom. The van der Waals surface area contributed by atoms with Crippen LogP contribution in [0.25, 0.3) is 0 Å². The number of carbonyl (C=O) groups is 1. The molecular weight excluding hydrogens is 560 g/mol. The van der Waals surface area contributed by atoms with Gasteiger partial charge >= 0.3 is 0 Å². The minimum Gasteiger partial charge on any atom is -0.485 e. The van der Waals surface area contributed by atoms with Crippen LogP contribution in [0.3, 0.4) is 0 Å². The minimum absolute atomic E-state index is 0.172. The largest absolute Gasteiger partial charge is 0.485 e. The second kappa shape index (κ2) is 13.8. The summed E-state index contributed by atoms with van der Waals surface area (Å²) >= 11 is 5.04. The number of hydrogen-bond acceptors (Lipinski definition) is 5. The molecule has 0 saturated heterocycles. The monoisotopic (exact) mass is 588 g/mol. The van der Waals surface area contributed by atoms with Crippen molar-refractivity contribution in [2.75, 3.05) is 5.75 Å². The van der Waals surface area contributed by atoms with Crippen molar-refractivity contribution in [1.29, 1.82) is 0 Å². The lowest BCUT2D eigenvalue weighted by Crippen LogP contribution is -2.19. The smallest absolute Gasteiger partial charge is 0.250 e. The number of rotatable bonds is 11. The van der Waals surface area contributed by atoms with Gasteiger partial charge in [0.05, 0.1) is 12.0 Å². The molecule has 0 unspecified atom stereocenters. The van der Waals surface area contributed by atoms with Crippen molar-refractivity contribution in [1.82, 2.24) is 5.43 Å². The number of benzene rings is 4. The summed E-state index contributed by atoms with van der Waals surface area (Å²) in [5.74, 6) is 1.35. The van der Waals surface area contributed by atoms with Crippen LogP contribution < -0.4 is 14.9 Å². The average molecular weight is 590 g/mol. The molecule has 0 radical (unpaired) electrons. The zero-order chi connectivity index (χ0) is 26.7. The van der Waals surface area contributed by atoms with E-state index in [0.717, 1.165) is 37.2 Å². The number of thioether (sulfide) groups is 1. The van der Waals surface area contributed by atoms with Crippen LogP contribution in [0.5, 0.6) is 11.5 Å². The molecule has 1 N–H and O–H groups in total. The van der Waals surface area contributed by atoms with Crippen LogP contribution in [0.4, 0.5) is 0 Å². The Hall–Kier alpha value is -3.55. The van der Waals surface area contributed by atoms with E-state index in [1.165, 1.54) is 11.8 Å². The van der Waals surface area contributed by atoms with E-state index in [2.05, 4.69) is 38.6 Å². The molecular formula is C31H29BrN2O3S. The highest BCUT2D eigenvalue weighted by atomic mass is 79.9. The highest BCUT2D eigenvalue weighted by molar-refractivity contribution is 9.10. The maximum absolute atomic E-state index is 12.4. The maximum atomic E-state index is 12.4. The molecule has 0 aliphatic rings. The predicted octanol–water partition coefficient (Wildman–Crippen LogP) is 7.47. The third-order valence-electron chi connectivity index (χ3n) is 5.66. The van der Waals surface area contributed by atoms with Gasteiger partial charge in [-0.1, -0.05) is 76.6 Å². The van der Waals surface area contributed by atoms with Crippen molar-refractivity contribution in [3.63, 3.8) is 0 Å². The van der Waals surface area contributed by atoms with Gasteiger partial charge < -0.3 is 9.47 Å². The third-order valence-corrected chi connectivity index (χ3v) is 7.67. The molecule has 5 nitrogen and oxygen atoms in total. The Balaban J connectivity index is 1.39. The van der Waals surface area contributed by atoms with E-state index in [-0.39, 0.29) is 11.7 Å². The lowest BCUT2D eigenvalue weighted by atomic mass is 10.2. The standard InChI is InChI=1S/C31H29BrN2O3S/c1-22-16-30(23(2)15-27(22)32)38-21-31(35)34-33-18-26-13-14-28(36-19-24-9-5-3-6-10-24)29(17-26)37-20-25-11-7-4-8-12-25/h3-18H,19-21H2,1-2H3,(H,34,35)/b33-18+. The van der Waals surface area contributed by atoms with E-state index < -0.39 is 0 Å². The number of ether oxygens (including phenoxy) is 2. The Morgan fingerprint density at radius 3 is 2.13 bits per heavy atom. The number of carbonyl (C=O) groups excluding carboxylic acids is 1. The van der Waals surface area contributed by atoms with Crippen molar-refractivity contribution in [2.45, 2.75) is 32.0 Å². The summed E-state index contributed by atoms with van der Waals surface area (Å²) < 4.78 is 13.2. The molecule has 7 heteroatoms. The fourth-order valence-electron chi connectivity index (χ4n) is 3.57. The van der Waals surface area contributed by atoms with E-state index in [1.54, 1.807) is 6.21 Å². The molecule has 0 aromatic heterocycles. The fourth-order valence-corrected chi connectivity index (χ4v) is 4.93. The molecule has 0 bridgehead atoms. The van der Waals surface area contributed by atoms with Crippen LogP contribution in [0, 0.1) is 13.8 Å². The van der Waals surface area contributed by atoms with Gasteiger partial charge in [-0.15, -0.1) is 11.8 Å². The first kappa shape index (κ1) is 27.5. The Kier molecular flexibility index (Phi) is 10.0. The molecule has 0 aliphatic carbocycles. The molecule has 1 amide bonds. The Bertz CT molecular complexity index is 1400. The quantitative estimate of drug-likeness (QED) is 0.112. The van der Waals surface area contributed by atoms with Crippen molar-refractivity contribution < 1.29 is 14.3 Å². The molecule has 0 atom stereocenters. The molecule has 0 fully saturated rings. The van der Waals surface area contributed by atoms with Gasteiger partial charge in [0, 0.05) is 9.37 Å². The van der Waals surface area contributed by atoms with Gasteiger partial charge in [0.25, 0.3) is 0 Å². The van der Waals surface area contributed by atoms with Gasteiger partial charge in [0.1, 0.15) is 13.2 Å². The fraction of sp³-hybridized carbons (Fsp3) is 0.161. The number of nitrogens with one attached hydrogen (secondary N) is 1. The molecule has 0 saturated carbocycles. The van der Waals surface area contributed by atoms with E-state index >= 15 is 0 Å². The lowest BCUT2D eigenvalue weighted by molar-refractivity contribution is -0.118. The zero-order valence-corrected chi connectivity index (χ0v) is 23.7. The number of hydrazone groups is 1. The number of amides is 1. The molecule has 194 valence electrons. The summed E-state index contributed by atoms with van der Waals surface area (Å²) in [7, 11) is 0. The molecule has 4 aromatic carbocycles. The molecule has 0 spiro atoms. The first-order chi connectivity index (χ1) is 18.5. The van der Waals surface area contributed by atoms with Crippen molar-refractivity contribution in [3.05, 3.63) is 123 Å². The van der Waals surface area contributed by atoms with E-state index in [4.69, 9.17) is 9.47 Å². The second-order valence-electron chi connectivity index (χ2n) is 8.70. The Morgan fingerprint density at radius 1 is 0.842 bits per heavy atom. The van der Waals surface area contributed by atoms with Crippen LogP contribution in [0.2, 0.25) is 0 Å². The number of aryl methyl sites for hydroxylation is 2. The lowest BCUT2D eigenvalue weighted by Gasteiger charge is -2.14. The maximum Gasteiger partial charge on any atom is 0.250 e. The van der Waals surface area contributed by atoms with E-state index in [0.29, 0.717) is 24.7 Å². The molecule has 38 heavy (non-hydrogen) atoms. The summed E-state index contributed by atoms with van der Waals surface area (Å²) in [6.07, 6.45) is 1.61. The first-order valence-corrected chi connectivity index (χ1v) is 13.9. The van der Waals surface area contributed by atoms with E-state index in [1.807, 2.05) is 92.7 Å². The van der Waals surface area contributed by atoms with Crippen LogP contribution in [-0.2, 0) is 18.0 Å². The number of nitrogens with zero attached hydrogens (tertiary/aromatic N) is 1. The number of hydrogen-bond donors (Lipinski definition) is 1. The van der Waals surface area contributed by atoms with E-state index in [9.17, 15) is 4.79 Å². The average Bonchev–Trinajstić information content (AvgIpc) is 2.93. The highest BCUT2D eigenvalue weighted by Crippen LogP contribution is 2.30. The van der Waals surface area contributed by atoms with Crippen molar-refractivity contribution in [2.24, 2.45) is 5.10 Å². The van der Waals surface area contributed by atoms with Gasteiger partial charge in [-0.3, -0.25) is 4.79 Å². The van der Waals surface area contributed by atoms with Gasteiger partial charge in [0.15, 0.2) is 11.5 Å². The molecule has 4 rings (SSSR count). The van der Waals surface area contributed by atoms with Crippen molar-refractivity contribution in [3.8, 4) is 11.5 Å². The normalized spacial score (nSPS) is 10.9. The minimum atomic E-state index is -0.172. The van der Waals surface area contributed by atoms with Crippen LogP contribution in [-0.4, -0.2) is 17.9 Å². The Labute approximate surface area is 236 Å². The van der Waals surface area contributed by atoms with Crippen molar-refractivity contribution >= 4 is 39.8 Å². The molecule has 4 aromatic rings. The van der Waals surface area contributed by atoms with Crippen LogP contribution in [0.1, 0.15) is 27.8 Å². The first-order valence-electron chi connectivity index (χ1n) is 12.2. The predicted molar refractivity (Wildman–Crippen MR) is 158 cm³/mol. The van der Waals surface area contributed by atoms with Crippen LogP contribution in [0.15, 0.2) is 105 Å². The SMILES string of the molecule is Cc1cc(SCC(=O)N/N=C/c2ccc(OCc3ccccc3)c(OCc3ccccc3)c2)c(C)cc1Br. The second-order valence-corrected chi connectivity index (χ2v) is 10.6. The zero-order valence-electron chi connectivity index (χ0n) is 21.3. The highest BCUT2D eigenvalue weighted by Gasteiger charge is 2.09. The van der Waals surface area contributed by atoms with Crippen LogP contribution >= 0.6 is 27.7 Å². The topological polar surface area (TPSA) is 59.9 Å². The summed E-state index contributed by atoms with van der Waals surface area (Å²) in [5.41, 5.74) is 7.79. The van der Waals surface area contributed by atoms with Gasteiger partial charge in [0.2, 0.25) is 5.91 Å². The van der Waals surface area contributed by atoms with Gasteiger partial charge in [-0.05, 0) is 72.0 Å². The molecule has 0 heterocycles. The summed E-state index contributed by atoms with van der Waals surface area (Å²) in [6.45, 7) is 4.91. The van der Waals surface area contributed by atoms with Gasteiger partial charge in [-0.25, -0.2) is 5.43 Å². The molecule has 0 aliphatic heterocycles. The number of halogens is 1. The summed E-state index contributed by atoms with van der Waals surface area (Å²) in [5, 5.41) is 4.15. The summed E-state index contributed by atoms with van der Waals surface area (Å²) in [4.78, 5) is 13.5. The third kappa shape index (κ3) is 8.23. The van der Waals surface area contributed by atoms with Gasteiger partial charge in [-0.2, -0.15) is 5.10 Å². The summed E-state index contributed by atoms with van der Waals surface area (Å²) in [6, 6.07) is 29.7.